The van der Waals surface area contributed by atoms with Gasteiger partial charge < -0.3 is 5.32 Å². The normalized spacial score (nSPS) is 11.5. The number of alkyl halides is 1. The highest BCUT2D eigenvalue weighted by Gasteiger charge is 2.09. The molecule has 0 saturated heterocycles. The number of pyridine rings is 1. The fraction of sp³-hybridized carbons (Fsp3) is 0.222. The molecule has 72 valence electrons. The molecule has 0 spiro atoms. The summed E-state index contributed by atoms with van der Waals surface area (Å²) >= 11 is 5.54. The highest BCUT2D eigenvalue weighted by Crippen LogP contribution is 2.05. The number of aromatic nitrogens is 1. The molecular formula is C9H8ClN3O. The second-order valence-corrected chi connectivity index (χ2v) is 3.30. The van der Waals surface area contributed by atoms with E-state index in [9.17, 15) is 4.79 Å². The topological polar surface area (TPSA) is 65.8 Å². The zero-order chi connectivity index (χ0) is 10.6. The minimum absolute atomic E-state index is 0.316. The Labute approximate surface area is 86.5 Å². The largest absolute Gasteiger partial charge is 0.309 e. The molecule has 1 aromatic heterocycles. The molecule has 5 heteroatoms. The molecule has 1 rings (SSSR count). The van der Waals surface area contributed by atoms with Crippen LogP contribution in [-0.4, -0.2) is 16.3 Å². The van der Waals surface area contributed by atoms with Crippen molar-refractivity contribution < 1.29 is 4.79 Å². The summed E-state index contributed by atoms with van der Waals surface area (Å²) < 4.78 is 0. The van der Waals surface area contributed by atoms with Crippen molar-refractivity contribution in [3.05, 3.63) is 23.9 Å². The van der Waals surface area contributed by atoms with Gasteiger partial charge in [0.15, 0.2) is 0 Å². The summed E-state index contributed by atoms with van der Waals surface area (Å²) in [5.74, 6) is 0.0744. The van der Waals surface area contributed by atoms with E-state index < -0.39 is 5.38 Å². The maximum Gasteiger partial charge on any atom is 0.243 e. The van der Waals surface area contributed by atoms with E-state index in [4.69, 9.17) is 16.9 Å². The third-order valence-electron chi connectivity index (χ3n) is 1.51. The van der Waals surface area contributed by atoms with Crippen LogP contribution in [0.3, 0.4) is 0 Å². The van der Waals surface area contributed by atoms with Crippen LogP contribution in [0.1, 0.15) is 12.5 Å². The minimum atomic E-state index is -0.604. The molecule has 0 aromatic carbocycles. The first kappa shape index (κ1) is 10.5. The van der Waals surface area contributed by atoms with E-state index in [0.717, 1.165) is 0 Å². The van der Waals surface area contributed by atoms with Gasteiger partial charge in [-0.1, -0.05) is 0 Å². The van der Waals surface area contributed by atoms with Gasteiger partial charge in [-0.2, -0.15) is 5.26 Å². The lowest BCUT2D eigenvalue weighted by molar-refractivity contribution is -0.115. The molecule has 0 bridgehead atoms. The Morgan fingerprint density at radius 2 is 2.43 bits per heavy atom. The molecule has 1 atom stereocenters. The Kier molecular flexibility index (Phi) is 3.43. The SMILES string of the molecule is C[C@@H](Cl)C(=O)Nc1ccc(C#N)cn1. The van der Waals surface area contributed by atoms with Gasteiger partial charge in [-0.15, -0.1) is 11.6 Å². The highest BCUT2D eigenvalue weighted by atomic mass is 35.5. The van der Waals surface area contributed by atoms with Gasteiger partial charge in [0.2, 0.25) is 5.91 Å². The van der Waals surface area contributed by atoms with Gasteiger partial charge in [-0.25, -0.2) is 4.98 Å². The van der Waals surface area contributed by atoms with Gasteiger partial charge >= 0.3 is 0 Å². The van der Waals surface area contributed by atoms with E-state index in [-0.39, 0.29) is 5.91 Å². The quantitative estimate of drug-likeness (QED) is 0.751. The summed E-state index contributed by atoms with van der Waals surface area (Å²) in [5, 5.41) is 10.4. The summed E-state index contributed by atoms with van der Waals surface area (Å²) in [7, 11) is 0. The van der Waals surface area contributed by atoms with Crippen molar-refractivity contribution in [1.29, 1.82) is 5.26 Å². The van der Waals surface area contributed by atoms with Crippen LogP contribution in [0, 0.1) is 11.3 Å². The monoisotopic (exact) mass is 209 g/mol. The molecule has 0 fully saturated rings. The van der Waals surface area contributed by atoms with Gasteiger partial charge in [-0.3, -0.25) is 4.79 Å². The lowest BCUT2D eigenvalue weighted by Crippen LogP contribution is -2.20. The van der Waals surface area contributed by atoms with Crippen molar-refractivity contribution >= 4 is 23.3 Å². The second kappa shape index (κ2) is 4.58. The third kappa shape index (κ3) is 2.71. The van der Waals surface area contributed by atoms with Crippen molar-refractivity contribution in [2.45, 2.75) is 12.3 Å². The second-order valence-electron chi connectivity index (χ2n) is 2.65. The number of amides is 1. The van der Waals surface area contributed by atoms with Crippen LogP contribution >= 0.6 is 11.6 Å². The molecule has 0 aliphatic carbocycles. The van der Waals surface area contributed by atoms with E-state index >= 15 is 0 Å². The van der Waals surface area contributed by atoms with Gasteiger partial charge in [-0.05, 0) is 19.1 Å². The molecule has 0 aliphatic rings. The van der Waals surface area contributed by atoms with Crippen molar-refractivity contribution in [3.63, 3.8) is 0 Å². The number of nitrogens with zero attached hydrogens (tertiary/aromatic N) is 2. The van der Waals surface area contributed by atoms with Crippen LogP contribution in [0.4, 0.5) is 5.82 Å². The minimum Gasteiger partial charge on any atom is -0.309 e. The van der Waals surface area contributed by atoms with Gasteiger partial charge in [0.05, 0.1) is 5.56 Å². The maximum absolute atomic E-state index is 11.1. The fourth-order valence-electron chi connectivity index (χ4n) is 0.760. The molecule has 0 unspecified atom stereocenters. The van der Waals surface area contributed by atoms with Crippen molar-refractivity contribution in [1.82, 2.24) is 4.98 Å². The predicted octanol–water partition coefficient (Wildman–Crippen LogP) is 1.52. The zero-order valence-corrected chi connectivity index (χ0v) is 8.25. The van der Waals surface area contributed by atoms with Crippen molar-refractivity contribution in [2.24, 2.45) is 0 Å². The average molecular weight is 210 g/mol. The fourth-order valence-corrected chi connectivity index (χ4v) is 0.814. The zero-order valence-electron chi connectivity index (χ0n) is 7.49. The van der Waals surface area contributed by atoms with E-state index in [1.807, 2.05) is 6.07 Å². The molecule has 1 N–H and O–H groups in total. The first-order valence-electron chi connectivity index (χ1n) is 3.94. The molecular weight excluding hydrogens is 202 g/mol. The number of rotatable bonds is 2. The third-order valence-corrected chi connectivity index (χ3v) is 1.70. The summed E-state index contributed by atoms with van der Waals surface area (Å²) in [6, 6.07) is 5.05. The van der Waals surface area contributed by atoms with Gasteiger partial charge in [0.25, 0.3) is 0 Å². The van der Waals surface area contributed by atoms with Crippen LogP contribution < -0.4 is 5.32 Å². The Morgan fingerprint density at radius 1 is 1.71 bits per heavy atom. The number of hydrogen-bond acceptors (Lipinski definition) is 3. The first-order chi connectivity index (χ1) is 6.63. The van der Waals surface area contributed by atoms with Gasteiger partial charge in [0.1, 0.15) is 17.3 Å². The Balaban J connectivity index is 2.70. The number of halogens is 1. The number of hydrogen-bond donors (Lipinski definition) is 1. The molecule has 14 heavy (non-hydrogen) atoms. The Hall–Kier alpha value is -1.60. The molecule has 4 nitrogen and oxygen atoms in total. The number of carbonyl (C=O) groups excluding carboxylic acids is 1. The van der Waals surface area contributed by atoms with Crippen molar-refractivity contribution in [2.75, 3.05) is 5.32 Å². The molecule has 1 aromatic rings. The van der Waals surface area contributed by atoms with Crippen LogP contribution in [-0.2, 0) is 4.79 Å². The average Bonchev–Trinajstić information content (AvgIpc) is 2.19. The number of anilines is 1. The highest BCUT2D eigenvalue weighted by molar-refractivity contribution is 6.32. The van der Waals surface area contributed by atoms with Crippen LogP contribution in [0.2, 0.25) is 0 Å². The van der Waals surface area contributed by atoms with E-state index in [0.29, 0.717) is 11.4 Å². The molecule has 1 amide bonds. The predicted molar refractivity (Wildman–Crippen MR) is 52.9 cm³/mol. The lowest BCUT2D eigenvalue weighted by Gasteiger charge is -2.04. The number of nitrogens with one attached hydrogen (secondary N) is 1. The molecule has 0 saturated carbocycles. The molecule has 0 radical (unpaired) electrons. The lowest BCUT2D eigenvalue weighted by atomic mass is 10.3. The Morgan fingerprint density at radius 3 is 2.86 bits per heavy atom. The first-order valence-corrected chi connectivity index (χ1v) is 4.38. The number of nitriles is 1. The summed E-state index contributed by atoms with van der Waals surface area (Å²) in [4.78, 5) is 15.0. The van der Waals surface area contributed by atoms with E-state index in [1.54, 1.807) is 19.1 Å². The summed E-state index contributed by atoms with van der Waals surface area (Å²) in [6.45, 7) is 1.57. The van der Waals surface area contributed by atoms with Crippen LogP contribution in [0.25, 0.3) is 0 Å². The van der Waals surface area contributed by atoms with Crippen LogP contribution in [0.5, 0.6) is 0 Å². The number of carbonyl (C=O) groups is 1. The van der Waals surface area contributed by atoms with E-state index in [2.05, 4.69) is 10.3 Å². The standard InChI is InChI=1S/C9H8ClN3O/c1-6(10)9(14)13-8-3-2-7(4-11)5-12-8/h2-3,5-6H,1H3,(H,12,13,14)/t6-/m1/s1. The smallest absolute Gasteiger partial charge is 0.243 e. The molecule has 1 heterocycles. The maximum atomic E-state index is 11.1. The van der Waals surface area contributed by atoms with Crippen LogP contribution in [0.15, 0.2) is 18.3 Å². The van der Waals surface area contributed by atoms with Crippen molar-refractivity contribution in [3.8, 4) is 6.07 Å². The summed E-state index contributed by atoms with van der Waals surface area (Å²) in [5.41, 5.74) is 0.446. The van der Waals surface area contributed by atoms with Gasteiger partial charge in [0, 0.05) is 6.20 Å². The Bertz CT molecular complexity index is 367. The molecule has 0 aliphatic heterocycles. The van der Waals surface area contributed by atoms with E-state index in [1.165, 1.54) is 6.20 Å². The summed E-state index contributed by atoms with van der Waals surface area (Å²) in [6.07, 6.45) is 1.38.